The fourth-order valence-electron chi connectivity index (χ4n) is 1.58. The number of aromatic nitrogens is 4. The number of hydrogen-bond acceptors (Lipinski definition) is 5. The Bertz CT molecular complexity index is 453. The van der Waals surface area contributed by atoms with Crippen LogP contribution in [-0.4, -0.2) is 43.6 Å². The first-order valence-corrected chi connectivity index (χ1v) is 5.19. The first-order valence-electron chi connectivity index (χ1n) is 5.19. The molecule has 0 spiro atoms. The van der Waals surface area contributed by atoms with Crippen LogP contribution in [0.3, 0.4) is 0 Å². The molecule has 16 heavy (non-hydrogen) atoms. The van der Waals surface area contributed by atoms with Gasteiger partial charge in [-0.1, -0.05) is 0 Å². The van der Waals surface area contributed by atoms with Crippen LogP contribution in [0.2, 0.25) is 0 Å². The maximum atomic E-state index is 8.96. The maximum absolute atomic E-state index is 8.96. The van der Waals surface area contributed by atoms with Crippen LogP contribution in [0.15, 0.2) is 12.5 Å². The summed E-state index contributed by atoms with van der Waals surface area (Å²) in [6.45, 7) is -0.00485. The number of aromatic amines is 1. The van der Waals surface area contributed by atoms with Gasteiger partial charge < -0.3 is 10.2 Å². The van der Waals surface area contributed by atoms with Gasteiger partial charge in [0, 0.05) is 19.1 Å². The number of rotatable bonds is 5. The lowest BCUT2D eigenvalue weighted by Gasteiger charge is -2.08. The summed E-state index contributed by atoms with van der Waals surface area (Å²) in [5.74, 6) is -0.0832. The summed E-state index contributed by atoms with van der Waals surface area (Å²) in [4.78, 5) is 8.02. The van der Waals surface area contributed by atoms with Crippen molar-refractivity contribution < 1.29 is 10.2 Å². The SMILES string of the molecule is OCC(CO)CCc1[nH]nc2cncnc12. The lowest BCUT2D eigenvalue weighted by molar-refractivity contribution is 0.144. The zero-order valence-corrected chi connectivity index (χ0v) is 8.80. The molecule has 0 atom stereocenters. The van der Waals surface area contributed by atoms with E-state index in [-0.39, 0.29) is 19.1 Å². The van der Waals surface area contributed by atoms with Crippen LogP contribution in [0, 0.1) is 5.92 Å². The molecule has 6 nitrogen and oxygen atoms in total. The Morgan fingerprint density at radius 2 is 2.12 bits per heavy atom. The predicted molar refractivity (Wildman–Crippen MR) is 57.7 cm³/mol. The topological polar surface area (TPSA) is 94.9 Å². The molecule has 86 valence electrons. The summed E-state index contributed by atoms with van der Waals surface area (Å²) in [5, 5.41) is 24.9. The fraction of sp³-hybridized carbons (Fsp3) is 0.500. The monoisotopic (exact) mass is 222 g/mol. The number of nitrogens with one attached hydrogen (secondary N) is 1. The van der Waals surface area contributed by atoms with Gasteiger partial charge in [0.1, 0.15) is 17.4 Å². The standard InChI is InChI=1S/C10H14N4O2/c15-4-7(5-16)1-2-8-10-9(14-13-8)3-11-6-12-10/h3,6-7,15-16H,1-2,4-5H2,(H,13,14). The molecule has 2 aromatic heterocycles. The largest absolute Gasteiger partial charge is 0.396 e. The molecule has 0 saturated heterocycles. The van der Waals surface area contributed by atoms with Gasteiger partial charge in [-0.2, -0.15) is 5.10 Å². The summed E-state index contributed by atoms with van der Waals surface area (Å²) in [5.41, 5.74) is 2.47. The van der Waals surface area contributed by atoms with Crippen molar-refractivity contribution in [3.8, 4) is 0 Å². The Morgan fingerprint density at radius 3 is 2.88 bits per heavy atom. The number of fused-ring (bicyclic) bond motifs is 1. The number of nitrogens with zero attached hydrogens (tertiary/aromatic N) is 3. The third kappa shape index (κ3) is 2.17. The first-order chi connectivity index (χ1) is 7.85. The van der Waals surface area contributed by atoms with Crippen LogP contribution in [0.5, 0.6) is 0 Å². The van der Waals surface area contributed by atoms with Gasteiger partial charge in [0.05, 0.1) is 11.9 Å². The number of H-pyrrole nitrogens is 1. The van der Waals surface area contributed by atoms with E-state index in [0.29, 0.717) is 12.8 Å². The van der Waals surface area contributed by atoms with Gasteiger partial charge in [-0.05, 0) is 12.8 Å². The van der Waals surface area contributed by atoms with Crippen molar-refractivity contribution in [1.29, 1.82) is 0 Å². The second-order valence-electron chi connectivity index (χ2n) is 3.73. The average Bonchev–Trinajstić information content (AvgIpc) is 2.74. The Kier molecular flexibility index (Phi) is 3.43. The molecule has 2 rings (SSSR count). The Balaban J connectivity index is 2.09. The first kappa shape index (κ1) is 11.0. The minimum atomic E-state index is -0.0832. The van der Waals surface area contributed by atoms with E-state index in [1.54, 1.807) is 6.20 Å². The van der Waals surface area contributed by atoms with Crippen molar-refractivity contribution in [2.45, 2.75) is 12.8 Å². The van der Waals surface area contributed by atoms with Crippen LogP contribution >= 0.6 is 0 Å². The van der Waals surface area contributed by atoms with E-state index < -0.39 is 0 Å². The van der Waals surface area contributed by atoms with Crippen LogP contribution in [0.1, 0.15) is 12.1 Å². The second kappa shape index (κ2) is 5.00. The highest BCUT2D eigenvalue weighted by atomic mass is 16.3. The molecule has 0 aliphatic rings. The second-order valence-corrected chi connectivity index (χ2v) is 3.73. The number of aliphatic hydroxyl groups excluding tert-OH is 2. The van der Waals surface area contributed by atoms with E-state index in [2.05, 4.69) is 20.2 Å². The Labute approximate surface area is 92.4 Å². The molecule has 0 aliphatic heterocycles. The summed E-state index contributed by atoms with van der Waals surface area (Å²) in [6.07, 6.45) is 4.54. The molecule has 0 radical (unpaired) electrons. The molecule has 0 bridgehead atoms. The van der Waals surface area contributed by atoms with Gasteiger partial charge in [0.2, 0.25) is 0 Å². The van der Waals surface area contributed by atoms with Gasteiger partial charge >= 0.3 is 0 Å². The lowest BCUT2D eigenvalue weighted by Crippen LogP contribution is -2.12. The minimum Gasteiger partial charge on any atom is -0.396 e. The molecular formula is C10H14N4O2. The van der Waals surface area contributed by atoms with Crippen LogP contribution < -0.4 is 0 Å². The van der Waals surface area contributed by atoms with Crippen molar-refractivity contribution in [3.63, 3.8) is 0 Å². The number of aliphatic hydroxyl groups is 2. The smallest absolute Gasteiger partial charge is 0.129 e. The van der Waals surface area contributed by atoms with E-state index >= 15 is 0 Å². The highest BCUT2D eigenvalue weighted by molar-refractivity contribution is 5.75. The van der Waals surface area contributed by atoms with Crippen molar-refractivity contribution >= 4 is 11.0 Å². The van der Waals surface area contributed by atoms with E-state index in [1.807, 2.05) is 0 Å². The molecule has 6 heteroatoms. The van der Waals surface area contributed by atoms with Crippen molar-refractivity contribution in [3.05, 3.63) is 18.2 Å². The molecule has 0 aromatic carbocycles. The molecule has 0 saturated carbocycles. The highest BCUT2D eigenvalue weighted by Gasteiger charge is 2.10. The fourth-order valence-corrected chi connectivity index (χ4v) is 1.58. The number of hydrogen-bond donors (Lipinski definition) is 3. The van der Waals surface area contributed by atoms with Gasteiger partial charge in [0.25, 0.3) is 0 Å². The quantitative estimate of drug-likeness (QED) is 0.656. The molecule has 0 amide bonds. The molecular weight excluding hydrogens is 208 g/mol. The Morgan fingerprint density at radius 1 is 1.31 bits per heavy atom. The van der Waals surface area contributed by atoms with Gasteiger partial charge in [-0.3, -0.25) is 5.10 Å². The van der Waals surface area contributed by atoms with E-state index in [4.69, 9.17) is 10.2 Å². The molecule has 2 aromatic rings. The van der Waals surface area contributed by atoms with Gasteiger partial charge in [-0.25, -0.2) is 9.97 Å². The predicted octanol–water partition coefficient (Wildman–Crippen LogP) is -0.114. The summed E-state index contributed by atoms with van der Waals surface area (Å²) in [6, 6.07) is 0. The molecule has 0 aliphatic carbocycles. The van der Waals surface area contributed by atoms with Crippen molar-refractivity contribution in [1.82, 2.24) is 20.2 Å². The van der Waals surface area contributed by atoms with E-state index in [0.717, 1.165) is 16.7 Å². The van der Waals surface area contributed by atoms with Crippen LogP contribution in [0.25, 0.3) is 11.0 Å². The molecule has 0 unspecified atom stereocenters. The third-order valence-electron chi connectivity index (χ3n) is 2.61. The highest BCUT2D eigenvalue weighted by Crippen LogP contribution is 2.14. The normalized spacial score (nSPS) is 11.4. The average molecular weight is 222 g/mol. The third-order valence-corrected chi connectivity index (χ3v) is 2.61. The van der Waals surface area contributed by atoms with Crippen LogP contribution in [-0.2, 0) is 6.42 Å². The Hall–Kier alpha value is -1.53. The van der Waals surface area contributed by atoms with E-state index in [9.17, 15) is 0 Å². The maximum Gasteiger partial charge on any atom is 0.129 e. The zero-order valence-electron chi connectivity index (χ0n) is 8.80. The zero-order chi connectivity index (χ0) is 11.4. The van der Waals surface area contributed by atoms with E-state index in [1.165, 1.54) is 6.33 Å². The van der Waals surface area contributed by atoms with Crippen molar-refractivity contribution in [2.24, 2.45) is 5.92 Å². The van der Waals surface area contributed by atoms with Gasteiger partial charge in [-0.15, -0.1) is 0 Å². The molecule has 3 N–H and O–H groups in total. The van der Waals surface area contributed by atoms with Crippen molar-refractivity contribution in [2.75, 3.05) is 13.2 Å². The van der Waals surface area contributed by atoms with Crippen LogP contribution in [0.4, 0.5) is 0 Å². The van der Waals surface area contributed by atoms with Gasteiger partial charge in [0.15, 0.2) is 0 Å². The summed E-state index contributed by atoms with van der Waals surface area (Å²) in [7, 11) is 0. The summed E-state index contributed by atoms with van der Waals surface area (Å²) >= 11 is 0. The lowest BCUT2D eigenvalue weighted by atomic mass is 10.0. The molecule has 2 heterocycles. The molecule has 0 fully saturated rings. The summed E-state index contributed by atoms with van der Waals surface area (Å²) < 4.78 is 0. The minimum absolute atomic E-state index is 0.00243. The number of aryl methyl sites for hydroxylation is 1.